The number of carboxylic acid groups (broad SMARTS) is 2. The Morgan fingerprint density at radius 3 is 1.87 bits per heavy atom. The Bertz CT molecular complexity index is 2180. The molecule has 6 aromatic rings. The van der Waals surface area contributed by atoms with Gasteiger partial charge in [0.05, 0.1) is 17.4 Å². The van der Waals surface area contributed by atoms with Crippen LogP contribution in [0.3, 0.4) is 0 Å². The standard InChI is InChI=1S/C20H17ClN2O3S.C19H15FN2O3S/c21-16-9-5-4-8-15(16)20-23-17(12-27-20)19(26)22-14(11-18(24)25)10-13-6-2-1-3-7-13;20-15-9-5-4-8-13(15)18-22-16(11-26-18)17(23)21-10-14(19(24)25)12-6-2-1-3-7-12/h1-9,12,14H,10-11H2,(H,22,26)(H,24,25);1-9,11,14H,10H2,(H,21,23)(H,24,25). The summed E-state index contributed by atoms with van der Waals surface area (Å²) in [4.78, 5) is 56.0. The van der Waals surface area contributed by atoms with Gasteiger partial charge in [0, 0.05) is 34.5 Å². The van der Waals surface area contributed by atoms with Crippen LogP contribution in [0.4, 0.5) is 4.39 Å². The lowest BCUT2D eigenvalue weighted by Gasteiger charge is -2.16. The summed E-state index contributed by atoms with van der Waals surface area (Å²) in [6, 6.07) is 31.1. The van der Waals surface area contributed by atoms with E-state index in [4.69, 9.17) is 16.7 Å². The van der Waals surface area contributed by atoms with E-state index >= 15 is 0 Å². The van der Waals surface area contributed by atoms with Gasteiger partial charge in [0.2, 0.25) is 0 Å². The highest BCUT2D eigenvalue weighted by molar-refractivity contribution is 7.13. The molecule has 4 aromatic carbocycles. The number of thiazole rings is 2. The number of carbonyl (C=O) groups is 4. The summed E-state index contributed by atoms with van der Waals surface area (Å²) in [7, 11) is 0. The van der Waals surface area contributed by atoms with E-state index < -0.39 is 41.5 Å². The molecular formula is C39H32ClFN4O6S2. The number of benzene rings is 4. The van der Waals surface area contributed by atoms with E-state index in [9.17, 15) is 28.7 Å². The molecule has 2 heterocycles. The quantitative estimate of drug-likeness (QED) is 0.0926. The van der Waals surface area contributed by atoms with Crippen molar-refractivity contribution < 1.29 is 33.8 Å². The van der Waals surface area contributed by atoms with Gasteiger partial charge in [0.1, 0.15) is 27.2 Å². The number of halogens is 2. The van der Waals surface area contributed by atoms with Crippen molar-refractivity contribution >= 4 is 58.0 Å². The molecule has 10 nitrogen and oxygen atoms in total. The molecule has 2 amide bonds. The van der Waals surface area contributed by atoms with Crippen molar-refractivity contribution in [3.8, 4) is 21.1 Å². The fraction of sp³-hybridized carbons (Fsp3) is 0.128. The van der Waals surface area contributed by atoms with Gasteiger partial charge >= 0.3 is 11.9 Å². The molecule has 0 aliphatic carbocycles. The fourth-order valence-electron chi connectivity index (χ4n) is 5.13. The van der Waals surface area contributed by atoms with Crippen LogP contribution in [0.5, 0.6) is 0 Å². The minimum Gasteiger partial charge on any atom is -0.481 e. The number of carboxylic acids is 2. The van der Waals surface area contributed by atoms with Gasteiger partial charge in [0.15, 0.2) is 0 Å². The highest BCUT2D eigenvalue weighted by Crippen LogP contribution is 2.30. The van der Waals surface area contributed by atoms with Crippen LogP contribution in [0.15, 0.2) is 120 Å². The maximum atomic E-state index is 13.8. The minimum absolute atomic E-state index is 0.0647. The van der Waals surface area contributed by atoms with Crippen LogP contribution < -0.4 is 10.6 Å². The van der Waals surface area contributed by atoms with Crippen molar-refractivity contribution in [1.29, 1.82) is 0 Å². The smallest absolute Gasteiger partial charge is 0.312 e. The Hall–Kier alpha value is -5.76. The first-order valence-electron chi connectivity index (χ1n) is 16.1. The van der Waals surface area contributed by atoms with Crippen LogP contribution in [-0.4, -0.2) is 56.5 Å². The third-order valence-corrected chi connectivity index (χ3v) is 9.81. The molecule has 0 aliphatic heterocycles. The zero-order valence-electron chi connectivity index (χ0n) is 27.8. The van der Waals surface area contributed by atoms with Crippen LogP contribution in [0, 0.1) is 5.82 Å². The lowest BCUT2D eigenvalue weighted by molar-refractivity contribution is -0.139. The molecule has 2 aromatic heterocycles. The van der Waals surface area contributed by atoms with Gasteiger partial charge in [-0.3, -0.25) is 19.2 Å². The third-order valence-electron chi connectivity index (χ3n) is 7.73. The molecule has 0 radical (unpaired) electrons. The van der Waals surface area contributed by atoms with Crippen molar-refractivity contribution in [3.05, 3.63) is 153 Å². The summed E-state index contributed by atoms with van der Waals surface area (Å²) in [5.41, 5.74) is 3.02. The zero-order valence-corrected chi connectivity index (χ0v) is 30.2. The largest absolute Gasteiger partial charge is 0.481 e. The molecule has 53 heavy (non-hydrogen) atoms. The van der Waals surface area contributed by atoms with Crippen LogP contribution in [0.1, 0.15) is 44.4 Å². The van der Waals surface area contributed by atoms with Crippen molar-refractivity contribution in [2.45, 2.75) is 24.8 Å². The van der Waals surface area contributed by atoms with Crippen molar-refractivity contribution in [2.24, 2.45) is 0 Å². The molecule has 14 heteroatoms. The highest BCUT2D eigenvalue weighted by atomic mass is 35.5. The topological polar surface area (TPSA) is 159 Å². The lowest BCUT2D eigenvalue weighted by Crippen LogP contribution is -2.38. The Morgan fingerprint density at radius 1 is 0.717 bits per heavy atom. The van der Waals surface area contributed by atoms with Crippen molar-refractivity contribution in [1.82, 2.24) is 20.6 Å². The molecule has 4 N–H and O–H groups in total. The van der Waals surface area contributed by atoms with Gasteiger partial charge in [-0.15, -0.1) is 22.7 Å². The summed E-state index contributed by atoms with van der Waals surface area (Å²) >= 11 is 8.65. The first-order valence-corrected chi connectivity index (χ1v) is 18.3. The number of hydrogen-bond acceptors (Lipinski definition) is 8. The molecule has 0 aliphatic rings. The molecule has 0 spiro atoms. The van der Waals surface area contributed by atoms with Crippen LogP contribution in [0.25, 0.3) is 21.1 Å². The maximum Gasteiger partial charge on any atom is 0.312 e. The van der Waals surface area contributed by atoms with Gasteiger partial charge in [-0.2, -0.15) is 0 Å². The molecule has 0 saturated carbocycles. The normalized spacial score (nSPS) is 11.7. The Kier molecular flexibility index (Phi) is 13.5. The van der Waals surface area contributed by atoms with Gasteiger partial charge in [-0.05, 0) is 35.7 Å². The Labute approximate surface area is 317 Å². The predicted octanol–water partition coefficient (Wildman–Crippen LogP) is 7.83. The molecule has 2 unspecified atom stereocenters. The second kappa shape index (κ2) is 18.6. The molecule has 6 rings (SSSR count). The van der Waals surface area contributed by atoms with Crippen LogP contribution >= 0.6 is 34.3 Å². The average Bonchev–Trinajstić information content (AvgIpc) is 3.84. The predicted molar refractivity (Wildman–Crippen MR) is 203 cm³/mol. The van der Waals surface area contributed by atoms with Gasteiger partial charge < -0.3 is 20.8 Å². The Balaban J connectivity index is 0.000000204. The highest BCUT2D eigenvalue weighted by Gasteiger charge is 2.23. The zero-order chi connectivity index (χ0) is 37.7. The van der Waals surface area contributed by atoms with Gasteiger partial charge in [0.25, 0.3) is 11.8 Å². The van der Waals surface area contributed by atoms with E-state index in [1.165, 1.54) is 22.8 Å². The van der Waals surface area contributed by atoms with E-state index in [0.717, 1.165) is 22.5 Å². The molecule has 0 bridgehead atoms. The SMILES string of the molecule is O=C(NCC(C(=O)O)c1ccccc1)c1csc(-c2ccccc2F)n1.O=C(O)CC(Cc1ccccc1)NC(=O)c1csc(-c2ccccc2Cl)n1. The summed E-state index contributed by atoms with van der Waals surface area (Å²) in [6.07, 6.45) is 0.266. The lowest BCUT2D eigenvalue weighted by atomic mass is 9.99. The summed E-state index contributed by atoms with van der Waals surface area (Å²) in [6.45, 7) is -0.0647. The Morgan fingerprint density at radius 2 is 1.26 bits per heavy atom. The number of carbonyl (C=O) groups excluding carboxylic acids is 2. The minimum atomic E-state index is -1.03. The summed E-state index contributed by atoms with van der Waals surface area (Å²) in [5, 5.41) is 28.7. The second-order valence-corrected chi connectivity index (χ2v) is 13.6. The van der Waals surface area contributed by atoms with Crippen LogP contribution in [0.2, 0.25) is 5.02 Å². The van der Waals surface area contributed by atoms with Gasteiger partial charge in [-0.25, -0.2) is 14.4 Å². The molecule has 0 fully saturated rings. The summed E-state index contributed by atoms with van der Waals surface area (Å²) < 4.78 is 13.8. The van der Waals surface area contributed by atoms with E-state index in [1.54, 1.807) is 60.0 Å². The molecular weight excluding hydrogens is 739 g/mol. The second-order valence-electron chi connectivity index (χ2n) is 11.5. The first kappa shape index (κ1) is 38.5. The number of hydrogen-bond donors (Lipinski definition) is 4. The van der Waals surface area contributed by atoms with E-state index in [2.05, 4.69) is 20.6 Å². The number of aromatic nitrogens is 2. The number of rotatable bonds is 13. The number of nitrogens with one attached hydrogen (secondary N) is 2. The monoisotopic (exact) mass is 770 g/mol. The van der Waals surface area contributed by atoms with E-state index in [-0.39, 0.29) is 24.4 Å². The number of amides is 2. The maximum absolute atomic E-state index is 13.8. The van der Waals surface area contributed by atoms with E-state index in [1.807, 2.05) is 48.5 Å². The number of nitrogens with zero attached hydrogens (tertiary/aromatic N) is 2. The molecule has 270 valence electrons. The third kappa shape index (κ3) is 10.9. The fourth-order valence-corrected chi connectivity index (χ4v) is 7.08. The molecule has 0 saturated heterocycles. The van der Waals surface area contributed by atoms with Gasteiger partial charge in [-0.1, -0.05) is 103 Å². The van der Waals surface area contributed by atoms with Crippen LogP contribution in [-0.2, 0) is 16.0 Å². The average molecular weight is 771 g/mol. The van der Waals surface area contributed by atoms with Crippen molar-refractivity contribution in [3.63, 3.8) is 0 Å². The summed E-state index contributed by atoms with van der Waals surface area (Å²) in [5.74, 6) is -4.15. The molecule has 2 atom stereocenters. The van der Waals surface area contributed by atoms with Crippen molar-refractivity contribution in [2.75, 3.05) is 6.54 Å². The van der Waals surface area contributed by atoms with E-state index in [0.29, 0.717) is 32.6 Å². The first-order chi connectivity index (χ1) is 25.6. The number of aliphatic carboxylic acids is 2.